The average Bonchev–Trinajstić information content (AvgIpc) is 2.31. The van der Waals surface area contributed by atoms with Gasteiger partial charge in [-0.15, -0.1) is 0 Å². The minimum absolute atomic E-state index is 0.208. The van der Waals surface area contributed by atoms with Gasteiger partial charge >= 0.3 is 0 Å². The zero-order chi connectivity index (χ0) is 12.0. The summed E-state index contributed by atoms with van der Waals surface area (Å²) in [4.78, 5) is 0. The zero-order valence-electron chi connectivity index (χ0n) is 9.15. The lowest BCUT2D eigenvalue weighted by Gasteiger charge is -2.10. The number of benzene rings is 1. The van der Waals surface area contributed by atoms with Crippen molar-refractivity contribution in [3.8, 4) is 5.75 Å². The summed E-state index contributed by atoms with van der Waals surface area (Å²) in [5, 5.41) is 9.22. The predicted molar refractivity (Wildman–Crippen MR) is 65.4 cm³/mol. The Hall–Kier alpha value is -0.620. The molecule has 0 fully saturated rings. The van der Waals surface area contributed by atoms with Gasteiger partial charge in [0.1, 0.15) is 5.75 Å². The number of aliphatic hydroxyl groups excluding tert-OH is 1. The van der Waals surface area contributed by atoms with Crippen molar-refractivity contribution >= 4 is 15.9 Å². The molecule has 90 valence electrons. The van der Waals surface area contributed by atoms with Crippen LogP contribution >= 0.6 is 15.9 Å². The van der Waals surface area contributed by atoms with Gasteiger partial charge < -0.3 is 20.3 Å². The first-order valence-corrected chi connectivity index (χ1v) is 5.75. The summed E-state index contributed by atoms with van der Waals surface area (Å²) in [6.45, 7) is 0.855. The lowest BCUT2D eigenvalue weighted by atomic mass is 10.2. The van der Waals surface area contributed by atoms with Crippen molar-refractivity contribution < 1.29 is 14.6 Å². The van der Waals surface area contributed by atoms with E-state index in [1.54, 1.807) is 7.11 Å². The summed E-state index contributed by atoms with van der Waals surface area (Å²) in [5.74, 6) is 0.779. The molecule has 0 spiro atoms. The molecule has 0 aliphatic heterocycles. The molecule has 0 heterocycles. The van der Waals surface area contributed by atoms with E-state index < -0.39 is 6.10 Å². The van der Waals surface area contributed by atoms with Crippen LogP contribution in [0.3, 0.4) is 0 Å². The highest BCUT2D eigenvalue weighted by Gasteiger charge is 2.05. The topological polar surface area (TPSA) is 64.7 Å². The molecule has 0 aliphatic carbocycles. The molecule has 3 N–H and O–H groups in total. The molecule has 0 aliphatic rings. The molecule has 1 aromatic rings. The Bertz CT molecular complexity index is 333. The fourth-order valence-corrected chi connectivity index (χ4v) is 1.52. The maximum Gasteiger partial charge on any atom is 0.119 e. The van der Waals surface area contributed by atoms with E-state index >= 15 is 0 Å². The molecule has 0 radical (unpaired) electrons. The summed E-state index contributed by atoms with van der Waals surface area (Å²) in [7, 11) is 1.62. The van der Waals surface area contributed by atoms with Gasteiger partial charge in [-0.1, -0.05) is 15.9 Å². The first-order chi connectivity index (χ1) is 7.67. The molecule has 1 rings (SSSR count). The monoisotopic (exact) mass is 289 g/mol. The van der Waals surface area contributed by atoms with Crippen LogP contribution in [-0.4, -0.2) is 31.5 Å². The van der Waals surface area contributed by atoms with Gasteiger partial charge in [-0.3, -0.25) is 0 Å². The Balaban J connectivity index is 2.52. The second kappa shape index (κ2) is 6.85. The molecule has 0 amide bonds. The van der Waals surface area contributed by atoms with Gasteiger partial charge in [0, 0.05) is 11.0 Å². The normalized spacial score (nSPS) is 12.5. The Kier molecular flexibility index (Phi) is 5.76. The van der Waals surface area contributed by atoms with Crippen molar-refractivity contribution in [2.45, 2.75) is 12.7 Å². The average molecular weight is 290 g/mol. The van der Waals surface area contributed by atoms with Crippen LogP contribution in [0.25, 0.3) is 0 Å². The minimum Gasteiger partial charge on any atom is -0.497 e. The van der Waals surface area contributed by atoms with E-state index in [0.29, 0.717) is 6.61 Å². The van der Waals surface area contributed by atoms with Crippen molar-refractivity contribution in [1.29, 1.82) is 0 Å². The SMILES string of the molecule is COc1ccc(Br)c(COC[C@H](O)CN)c1. The van der Waals surface area contributed by atoms with Gasteiger partial charge in [0.15, 0.2) is 0 Å². The van der Waals surface area contributed by atoms with Crippen LogP contribution in [0.15, 0.2) is 22.7 Å². The molecule has 1 atom stereocenters. The van der Waals surface area contributed by atoms with Crippen LogP contribution in [0.2, 0.25) is 0 Å². The maximum atomic E-state index is 9.22. The van der Waals surface area contributed by atoms with E-state index in [1.165, 1.54) is 0 Å². The summed E-state index contributed by atoms with van der Waals surface area (Å²) in [5.41, 5.74) is 6.24. The fourth-order valence-electron chi connectivity index (χ4n) is 1.16. The number of hydrogen-bond acceptors (Lipinski definition) is 4. The quantitative estimate of drug-likeness (QED) is 0.828. The second-order valence-electron chi connectivity index (χ2n) is 3.36. The lowest BCUT2D eigenvalue weighted by molar-refractivity contribution is 0.0326. The molecule has 16 heavy (non-hydrogen) atoms. The van der Waals surface area contributed by atoms with E-state index in [0.717, 1.165) is 15.8 Å². The number of rotatable bonds is 6. The van der Waals surface area contributed by atoms with E-state index in [9.17, 15) is 5.11 Å². The van der Waals surface area contributed by atoms with Gasteiger partial charge in [-0.05, 0) is 23.8 Å². The highest BCUT2D eigenvalue weighted by molar-refractivity contribution is 9.10. The number of aliphatic hydroxyl groups is 1. The molecule has 4 nitrogen and oxygen atoms in total. The Morgan fingerprint density at radius 1 is 1.50 bits per heavy atom. The largest absolute Gasteiger partial charge is 0.497 e. The Morgan fingerprint density at radius 3 is 2.88 bits per heavy atom. The highest BCUT2D eigenvalue weighted by atomic mass is 79.9. The van der Waals surface area contributed by atoms with Crippen molar-refractivity contribution in [1.82, 2.24) is 0 Å². The summed E-state index contributed by atoms with van der Waals surface area (Å²) in [6, 6.07) is 5.65. The molecule has 5 heteroatoms. The molecule has 1 aromatic carbocycles. The van der Waals surface area contributed by atoms with Crippen LogP contribution in [0.1, 0.15) is 5.56 Å². The summed E-state index contributed by atoms with van der Waals surface area (Å²) in [6.07, 6.45) is -0.607. The molecule has 0 aromatic heterocycles. The third-order valence-electron chi connectivity index (χ3n) is 2.09. The maximum absolute atomic E-state index is 9.22. The zero-order valence-corrected chi connectivity index (χ0v) is 10.7. The van der Waals surface area contributed by atoms with Crippen molar-refractivity contribution in [2.24, 2.45) is 5.73 Å². The van der Waals surface area contributed by atoms with Crippen LogP contribution in [0.5, 0.6) is 5.75 Å². The first kappa shape index (κ1) is 13.4. The highest BCUT2D eigenvalue weighted by Crippen LogP contribution is 2.23. The summed E-state index contributed by atoms with van der Waals surface area (Å²) < 4.78 is 11.4. The Labute approximate surface area is 103 Å². The summed E-state index contributed by atoms with van der Waals surface area (Å²) >= 11 is 3.42. The Morgan fingerprint density at radius 2 is 2.25 bits per heavy atom. The van der Waals surface area contributed by atoms with Gasteiger partial charge in [0.2, 0.25) is 0 Å². The number of ether oxygens (including phenoxy) is 2. The lowest BCUT2D eigenvalue weighted by Crippen LogP contribution is -2.25. The van der Waals surface area contributed by atoms with Crippen molar-refractivity contribution in [2.75, 3.05) is 20.3 Å². The van der Waals surface area contributed by atoms with E-state index in [1.807, 2.05) is 18.2 Å². The molecule has 0 bridgehead atoms. The fraction of sp³-hybridized carbons (Fsp3) is 0.455. The number of methoxy groups -OCH3 is 1. The van der Waals surface area contributed by atoms with E-state index in [2.05, 4.69) is 15.9 Å². The van der Waals surface area contributed by atoms with Gasteiger partial charge in [0.05, 0.1) is 26.4 Å². The van der Waals surface area contributed by atoms with Crippen LogP contribution in [0, 0.1) is 0 Å². The molecule has 0 unspecified atom stereocenters. The standard InChI is InChI=1S/C11H16BrNO3/c1-15-10-2-3-11(12)8(4-10)6-16-7-9(14)5-13/h2-4,9,14H,5-7,13H2,1H3/t9-/m1/s1. The smallest absolute Gasteiger partial charge is 0.119 e. The van der Waals surface area contributed by atoms with Gasteiger partial charge in [0.25, 0.3) is 0 Å². The van der Waals surface area contributed by atoms with E-state index in [4.69, 9.17) is 15.2 Å². The molecular weight excluding hydrogens is 274 g/mol. The van der Waals surface area contributed by atoms with Crippen molar-refractivity contribution in [3.63, 3.8) is 0 Å². The molecular formula is C11H16BrNO3. The van der Waals surface area contributed by atoms with Gasteiger partial charge in [-0.2, -0.15) is 0 Å². The number of halogens is 1. The second-order valence-corrected chi connectivity index (χ2v) is 4.22. The van der Waals surface area contributed by atoms with Crippen LogP contribution < -0.4 is 10.5 Å². The molecule has 0 saturated carbocycles. The number of hydrogen-bond donors (Lipinski definition) is 2. The predicted octanol–water partition coefficient (Wildman–Crippen LogP) is 1.29. The van der Waals surface area contributed by atoms with Gasteiger partial charge in [-0.25, -0.2) is 0 Å². The van der Waals surface area contributed by atoms with Crippen molar-refractivity contribution in [3.05, 3.63) is 28.2 Å². The number of nitrogens with two attached hydrogens (primary N) is 1. The first-order valence-electron chi connectivity index (χ1n) is 4.95. The third kappa shape index (κ3) is 4.09. The van der Waals surface area contributed by atoms with E-state index in [-0.39, 0.29) is 13.2 Å². The van der Waals surface area contributed by atoms with Crippen LogP contribution in [0.4, 0.5) is 0 Å². The van der Waals surface area contributed by atoms with Crippen LogP contribution in [-0.2, 0) is 11.3 Å². The third-order valence-corrected chi connectivity index (χ3v) is 2.87. The molecule has 0 saturated heterocycles. The minimum atomic E-state index is -0.607.